The zero-order chi connectivity index (χ0) is 17.2. The summed E-state index contributed by atoms with van der Waals surface area (Å²) in [6, 6.07) is 17.2. The average Bonchev–Trinajstić information content (AvgIpc) is 3.16. The number of rotatable bonds is 4. The van der Waals surface area contributed by atoms with E-state index in [2.05, 4.69) is 52.9 Å². The number of benzene rings is 2. The van der Waals surface area contributed by atoms with E-state index in [1.807, 2.05) is 18.2 Å². The minimum Gasteiger partial charge on any atom is -0.378 e. The number of hydrogen-bond donors (Lipinski definition) is 3. The van der Waals surface area contributed by atoms with Crippen LogP contribution in [0.25, 0.3) is 0 Å². The van der Waals surface area contributed by atoms with Crippen molar-refractivity contribution in [3.8, 4) is 0 Å². The largest absolute Gasteiger partial charge is 0.378 e. The van der Waals surface area contributed by atoms with Crippen molar-refractivity contribution in [1.29, 1.82) is 0 Å². The van der Waals surface area contributed by atoms with Crippen molar-refractivity contribution < 1.29 is 4.79 Å². The zero-order valence-corrected chi connectivity index (χ0v) is 14.2. The topological polar surface area (TPSA) is 53.2 Å². The summed E-state index contributed by atoms with van der Waals surface area (Å²) in [6.45, 7) is 5.13. The highest BCUT2D eigenvalue weighted by Crippen LogP contribution is 2.47. The molecule has 0 radical (unpaired) electrons. The predicted octanol–water partition coefficient (Wildman–Crippen LogP) is 3.42. The van der Waals surface area contributed by atoms with Gasteiger partial charge >= 0.3 is 0 Å². The maximum absolute atomic E-state index is 12.3. The number of nitrogens with one attached hydrogen (secondary N) is 3. The highest BCUT2D eigenvalue weighted by Gasteiger charge is 2.40. The Balaban J connectivity index is 1.67. The second-order valence-electron chi connectivity index (χ2n) is 6.72. The molecule has 1 saturated heterocycles. The summed E-state index contributed by atoms with van der Waals surface area (Å²) in [5.41, 5.74) is 4.33. The molecule has 128 valence electrons. The molecule has 1 fully saturated rings. The molecule has 2 aromatic carbocycles. The molecule has 0 aliphatic carbocycles. The van der Waals surface area contributed by atoms with Crippen LogP contribution in [-0.2, 0) is 0 Å². The van der Waals surface area contributed by atoms with E-state index in [1.54, 1.807) is 6.08 Å². The summed E-state index contributed by atoms with van der Waals surface area (Å²) in [6.07, 6.45) is 2.82. The van der Waals surface area contributed by atoms with E-state index < -0.39 is 0 Å². The average molecular weight is 333 g/mol. The van der Waals surface area contributed by atoms with Gasteiger partial charge < -0.3 is 16.0 Å². The SMILES string of the molecule is C=CCNC(=O)c1ccc2c(c1)C1NCCC1C(c1ccccc1)N2. The summed E-state index contributed by atoms with van der Waals surface area (Å²) < 4.78 is 0. The van der Waals surface area contributed by atoms with Crippen molar-refractivity contribution in [2.75, 3.05) is 18.4 Å². The molecule has 1 amide bonds. The van der Waals surface area contributed by atoms with E-state index in [1.165, 1.54) is 11.1 Å². The van der Waals surface area contributed by atoms with Crippen LogP contribution in [0.1, 0.15) is 40.0 Å². The Morgan fingerprint density at radius 3 is 2.84 bits per heavy atom. The third-order valence-corrected chi connectivity index (χ3v) is 5.22. The maximum atomic E-state index is 12.3. The Morgan fingerprint density at radius 1 is 1.20 bits per heavy atom. The van der Waals surface area contributed by atoms with Gasteiger partial charge in [0, 0.05) is 29.8 Å². The first kappa shape index (κ1) is 15.9. The Kier molecular flexibility index (Phi) is 4.28. The highest BCUT2D eigenvalue weighted by molar-refractivity contribution is 5.95. The van der Waals surface area contributed by atoms with Gasteiger partial charge in [0.05, 0.1) is 6.04 Å². The normalized spacial score (nSPS) is 23.9. The van der Waals surface area contributed by atoms with Crippen LogP contribution in [0.15, 0.2) is 61.2 Å². The fourth-order valence-corrected chi connectivity index (χ4v) is 4.05. The Labute approximate surface area is 148 Å². The van der Waals surface area contributed by atoms with E-state index in [9.17, 15) is 4.79 Å². The molecule has 2 heterocycles. The third-order valence-electron chi connectivity index (χ3n) is 5.22. The first-order chi connectivity index (χ1) is 12.3. The van der Waals surface area contributed by atoms with Crippen molar-refractivity contribution in [2.24, 2.45) is 5.92 Å². The van der Waals surface area contributed by atoms with Gasteiger partial charge in [-0.05, 0) is 42.3 Å². The number of amides is 1. The van der Waals surface area contributed by atoms with Crippen LogP contribution in [0.4, 0.5) is 5.69 Å². The molecule has 2 aromatic rings. The van der Waals surface area contributed by atoms with Gasteiger partial charge in [-0.1, -0.05) is 36.4 Å². The molecular weight excluding hydrogens is 310 g/mol. The Bertz CT molecular complexity index is 787. The molecule has 0 aromatic heterocycles. The monoisotopic (exact) mass is 333 g/mol. The number of carbonyl (C=O) groups is 1. The van der Waals surface area contributed by atoms with E-state index in [0.29, 0.717) is 24.1 Å². The summed E-state index contributed by atoms with van der Waals surface area (Å²) in [7, 11) is 0. The predicted molar refractivity (Wildman–Crippen MR) is 101 cm³/mol. The van der Waals surface area contributed by atoms with Crippen LogP contribution in [-0.4, -0.2) is 19.0 Å². The fraction of sp³-hybridized carbons (Fsp3) is 0.286. The van der Waals surface area contributed by atoms with Crippen LogP contribution >= 0.6 is 0 Å². The molecule has 0 spiro atoms. The lowest BCUT2D eigenvalue weighted by Gasteiger charge is -2.37. The van der Waals surface area contributed by atoms with Crippen LogP contribution in [0.5, 0.6) is 0 Å². The van der Waals surface area contributed by atoms with Crippen molar-refractivity contribution in [2.45, 2.75) is 18.5 Å². The second-order valence-corrected chi connectivity index (χ2v) is 6.72. The number of carbonyl (C=O) groups excluding carboxylic acids is 1. The maximum Gasteiger partial charge on any atom is 0.251 e. The lowest BCUT2D eigenvalue weighted by Crippen LogP contribution is -2.33. The standard InChI is InChI=1S/C21H23N3O/c1-2-11-23-21(25)15-8-9-18-17(13-15)20-16(10-12-22-20)19(24-18)14-6-4-3-5-7-14/h2-9,13,16,19-20,22,24H,1,10-12H2,(H,23,25). The molecule has 4 rings (SSSR count). The molecule has 0 bridgehead atoms. The Morgan fingerprint density at radius 2 is 2.04 bits per heavy atom. The van der Waals surface area contributed by atoms with Gasteiger partial charge in [-0.25, -0.2) is 0 Å². The minimum absolute atomic E-state index is 0.0533. The van der Waals surface area contributed by atoms with Crippen molar-refractivity contribution in [3.05, 3.63) is 77.9 Å². The molecule has 25 heavy (non-hydrogen) atoms. The lowest BCUT2D eigenvalue weighted by atomic mass is 9.80. The van der Waals surface area contributed by atoms with Crippen LogP contribution in [0.3, 0.4) is 0 Å². The zero-order valence-electron chi connectivity index (χ0n) is 14.2. The molecular formula is C21H23N3O. The molecule has 3 N–H and O–H groups in total. The molecule has 4 heteroatoms. The van der Waals surface area contributed by atoms with Crippen molar-refractivity contribution in [3.63, 3.8) is 0 Å². The smallest absolute Gasteiger partial charge is 0.251 e. The third kappa shape index (κ3) is 2.94. The van der Waals surface area contributed by atoms with Gasteiger partial charge in [-0.2, -0.15) is 0 Å². The summed E-state index contributed by atoms with van der Waals surface area (Å²) in [4.78, 5) is 12.3. The van der Waals surface area contributed by atoms with Gasteiger partial charge in [-0.15, -0.1) is 6.58 Å². The first-order valence-electron chi connectivity index (χ1n) is 8.86. The van der Waals surface area contributed by atoms with E-state index >= 15 is 0 Å². The minimum atomic E-state index is -0.0533. The van der Waals surface area contributed by atoms with E-state index in [0.717, 1.165) is 18.7 Å². The van der Waals surface area contributed by atoms with Gasteiger partial charge in [0.2, 0.25) is 0 Å². The highest BCUT2D eigenvalue weighted by atomic mass is 16.1. The van der Waals surface area contributed by atoms with Gasteiger partial charge in [0.15, 0.2) is 0 Å². The van der Waals surface area contributed by atoms with Gasteiger partial charge in [0.25, 0.3) is 5.91 Å². The number of anilines is 1. The van der Waals surface area contributed by atoms with Crippen molar-refractivity contribution in [1.82, 2.24) is 10.6 Å². The lowest BCUT2D eigenvalue weighted by molar-refractivity contribution is 0.0958. The van der Waals surface area contributed by atoms with E-state index in [4.69, 9.17) is 0 Å². The van der Waals surface area contributed by atoms with Crippen LogP contribution < -0.4 is 16.0 Å². The summed E-state index contributed by atoms with van der Waals surface area (Å²) >= 11 is 0. The molecule has 3 atom stereocenters. The van der Waals surface area contributed by atoms with Gasteiger partial charge in [-0.3, -0.25) is 4.79 Å². The number of fused-ring (bicyclic) bond motifs is 3. The molecule has 4 nitrogen and oxygen atoms in total. The molecule has 2 aliphatic heterocycles. The second kappa shape index (κ2) is 6.73. The van der Waals surface area contributed by atoms with Crippen molar-refractivity contribution >= 4 is 11.6 Å². The fourth-order valence-electron chi connectivity index (χ4n) is 4.05. The van der Waals surface area contributed by atoms with Gasteiger partial charge in [0.1, 0.15) is 0 Å². The van der Waals surface area contributed by atoms with Crippen LogP contribution in [0.2, 0.25) is 0 Å². The molecule has 3 unspecified atom stereocenters. The molecule has 2 aliphatic rings. The van der Waals surface area contributed by atoms with Crippen LogP contribution in [0, 0.1) is 5.92 Å². The number of hydrogen-bond acceptors (Lipinski definition) is 3. The summed E-state index contributed by atoms with van der Waals surface area (Å²) in [5, 5.41) is 10.2. The van der Waals surface area contributed by atoms with E-state index in [-0.39, 0.29) is 11.9 Å². The Hall–Kier alpha value is -2.59. The first-order valence-corrected chi connectivity index (χ1v) is 8.86. The molecule has 0 saturated carbocycles. The quantitative estimate of drug-likeness (QED) is 0.752. The summed E-state index contributed by atoms with van der Waals surface area (Å²) in [5.74, 6) is 0.434.